The van der Waals surface area contributed by atoms with Crippen molar-refractivity contribution in [2.75, 3.05) is 12.3 Å². The number of nitrogens with two attached hydrogens (primary N) is 1. The average molecular weight is 246 g/mol. The summed E-state index contributed by atoms with van der Waals surface area (Å²) in [5, 5.41) is 0. The van der Waals surface area contributed by atoms with Gasteiger partial charge in [-0.05, 0) is 50.8 Å². The third-order valence-corrected chi connectivity index (χ3v) is 3.81. The average Bonchev–Trinajstić information content (AvgIpc) is 2.54. The first-order valence-electron chi connectivity index (χ1n) is 6.49. The van der Waals surface area contributed by atoms with Crippen LogP contribution in [0, 0.1) is 12.8 Å². The lowest BCUT2D eigenvalue weighted by Gasteiger charge is -2.32. The van der Waals surface area contributed by atoms with Gasteiger partial charge in [0, 0.05) is 23.3 Å². The normalized spacial score (nSPS) is 22.2. The monoisotopic (exact) mass is 246 g/mol. The Bertz CT molecular complexity index is 479. The molecule has 0 bridgehead atoms. The number of aryl methyl sites for hydroxylation is 1. The van der Waals surface area contributed by atoms with Crippen molar-refractivity contribution < 1.29 is 4.79 Å². The highest BCUT2D eigenvalue weighted by atomic mass is 16.2. The number of nitrogens with zero attached hydrogens (tertiary/aromatic N) is 1. The van der Waals surface area contributed by atoms with Crippen molar-refractivity contribution in [2.24, 2.45) is 5.92 Å². The lowest BCUT2D eigenvalue weighted by molar-refractivity contribution is 0.0649. The van der Waals surface area contributed by atoms with E-state index in [0.29, 0.717) is 11.6 Å². The first kappa shape index (κ1) is 12.9. The number of nitrogen functional groups attached to an aromatic ring is 1. The van der Waals surface area contributed by atoms with E-state index < -0.39 is 0 Å². The highest BCUT2D eigenvalue weighted by Gasteiger charge is 2.39. The van der Waals surface area contributed by atoms with Gasteiger partial charge >= 0.3 is 0 Å². The predicted molar refractivity (Wildman–Crippen MR) is 74.5 cm³/mol. The highest BCUT2D eigenvalue weighted by Crippen LogP contribution is 2.34. The summed E-state index contributed by atoms with van der Waals surface area (Å²) in [6.07, 6.45) is 1.06. The summed E-state index contributed by atoms with van der Waals surface area (Å²) in [6.45, 7) is 9.26. The van der Waals surface area contributed by atoms with E-state index in [0.717, 1.165) is 24.1 Å². The minimum absolute atomic E-state index is 0.0620. The Hall–Kier alpha value is -1.51. The smallest absolute Gasteiger partial charge is 0.254 e. The molecule has 1 saturated heterocycles. The summed E-state index contributed by atoms with van der Waals surface area (Å²) in [5.41, 5.74) is 8.10. The minimum Gasteiger partial charge on any atom is -0.399 e. The fourth-order valence-electron chi connectivity index (χ4n) is 2.96. The first-order valence-corrected chi connectivity index (χ1v) is 6.49. The molecule has 0 aromatic heterocycles. The number of hydrogen-bond acceptors (Lipinski definition) is 2. The fraction of sp³-hybridized carbons (Fsp3) is 0.533. The zero-order chi connectivity index (χ0) is 13.5. The van der Waals surface area contributed by atoms with Gasteiger partial charge in [-0.15, -0.1) is 0 Å². The van der Waals surface area contributed by atoms with Gasteiger partial charge in [0.05, 0.1) is 0 Å². The van der Waals surface area contributed by atoms with Gasteiger partial charge in [0.15, 0.2) is 0 Å². The molecule has 1 fully saturated rings. The van der Waals surface area contributed by atoms with Crippen molar-refractivity contribution >= 4 is 11.6 Å². The zero-order valence-corrected chi connectivity index (χ0v) is 11.7. The molecular formula is C15H22N2O. The van der Waals surface area contributed by atoms with Crippen LogP contribution in [0.5, 0.6) is 0 Å². The summed E-state index contributed by atoms with van der Waals surface area (Å²) < 4.78 is 0. The molecule has 0 radical (unpaired) electrons. The number of amides is 1. The summed E-state index contributed by atoms with van der Waals surface area (Å²) in [6, 6.07) is 5.54. The summed E-state index contributed by atoms with van der Waals surface area (Å²) >= 11 is 0. The van der Waals surface area contributed by atoms with Gasteiger partial charge in [0.1, 0.15) is 0 Å². The van der Waals surface area contributed by atoms with Crippen molar-refractivity contribution in [1.29, 1.82) is 0 Å². The van der Waals surface area contributed by atoms with E-state index in [-0.39, 0.29) is 11.4 Å². The molecule has 1 atom stereocenters. The van der Waals surface area contributed by atoms with Gasteiger partial charge in [0.25, 0.3) is 5.91 Å². The molecule has 0 aliphatic carbocycles. The van der Waals surface area contributed by atoms with Crippen molar-refractivity contribution in [3.63, 3.8) is 0 Å². The Morgan fingerprint density at radius 1 is 1.44 bits per heavy atom. The molecule has 1 aliphatic heterocycles. The molecule has 1 aliphatic rings. The molecule has 18 heavy (non-hydrogen) atoms. The van der Waals surface area contributed by atoms with E-state index in [1.54, 1.807) is 6.07 Å². The van der Waals surface area contributed by atoms with Crippen molar-refractivity contribution in [3.8, 4) is 0 Å². The molecule has 1 aromatic rings. The van der Waals surface area contributed by atoms with Crippen molar-refractivity contribution in [3.05, 3.63) is 29.3 Å². The molecule has 0 saturated carbocycles. The minimum atomic E-state index is -0.0620. The van der Waals surface area contributed by atoms with Crippen LogP contribution in [0.1, 0.15) is 43.1 Å². The first-order chi connectivity index (χ1) is 8.31. The maximum Gasteiger partial charge on any atom is 0.254 e. The second kappa shape index (κ2) is 4.30. The number of rotatable bonds is 1. The van der Waals surface area contributed by atoms with Crippen LogP contribution < -0.4 is 5.73 Å². The third kappa shape index (κ3) is 2.22. The number of anilines is 1. The Kier molecular flexibility index (Phi) is 3.09. The van der Waals surface area contributed by atoms with E-state index in [2.05, 4.69) is 20.8 Å². The van der Waals surface area contributed by atoms with Gasteiger partial charge < -0.3 is 10.6 Å². The van der Waals surface area contributed by atoms with Crippen molar-refractivity contribution in [2.45, 2.75) is 39.7 Å². The third-order valence-electron chi connectivity index (χ3n) is 3.81. The Labute approximate surface area is 109 Å². The van der Waals surface area contributed by atoms with Crippen LogP contribution in [0.15, 0.2) is 18.2 Å². The SMILES string of the molecule is Cc1ccc(N)cc1C(=O)N1CC(C)CC1(C)C. The topological polar surface area (TPSA) is 46.3 Å². The maximum atomic E-state index is 12.7. The van der Waals surface area contributed by atoms with Crippen LogP contribution in [0.25, 0.3) is 0 Å². The molecule has 3 heteroatoms. The number of carbonyl (C=O) groups is 1. The molecule has 1 unspecified atom stereocenters. The molecule has 98 valence electrons. The van der Waals surface area contributed by atoms with Gasteiger partial charge in [0.2, 0.25) is 0 Å². The van der Waals surface area contributed by atoms with Gasteiger partial charge in [-0.3, -0.25) is 4.79 Å². The molecule has 1 amide bonds. The molecule has 1 heterocycles. The second-order valence-corrected chi connectivity index (χ2v) is 6.11. The molecule has 1 aromatic carbocycles. The van der Waals surface area contributed by atoms with E-state index in [1.807, 2.05) is 24.0 Å². The largest absolute Gasteiger partial charge is 0.399 e. The predicted octanol–water partition coefficient (Wildman–Crippen LogP) is 2.84. The van der Waals surface area contributed by atoms with Gasteiger partial charge in [-0.2, -0.15) is 0 Å². The standard InChI is InChI=1S/C15H22N2O/c1-10-8-15(3,4)17(9-10)14(18)13-7-12(16)6-5-11(13)2/h5-7,10H,8-9,16H2,1-4H3. The second-order valence-electron chi connectivity index (χ2n) is 6.11. The van der Waals surface area contributed by atoms with Crippen LogP contribution in [-0.2, 0) is 0 Å². The fourth-order valence-corrected chi connectivity index (χ4v) is 2.96. The molecule has 0 spiro atoms. The number of likely N-dealkylation sites (tertiary alicyclic amines) is 1. The summed E-state index contributed by atoms with van der Waals surface area (Å²) in [7, 11) is 0. The molecule has 3 nitrogen and oxygen atoms in total. The van der Waals surface area contributed by atoms with E-state index in [4.69, 9.17) is 5.73 Å². The lowest BCUT2D eigenvalue weighted by atomic mass is 9.97. The number of carbonyl (C=O) groups excluding carboxylic acids is 1. The Morgan fingerprint density at radius 3 is 2.67 bits per heavy atom. The Morgan fingerprint density at radius 2 is 2.11 bits per heavy atom. The van der Waals surface area contributed by atoms with E-state index in [1.165, 1.54) is 0 Å². The van der Waals surface area contributed by atoms with Crippen LogP contribution in [0.2, 0.25) is 0 Å². The quantitative estimate of drug-likeness (QED) is 0.774. The molecule has 2 rings (SSSR count). The highest BCUT2D eigenvalue weighted by molar-refractivity contribution is 5.97. The summed E-state index contributed by atoms with van der Waals surface area (Å²) in [5.74, 6) is 0.666. The molecule has 2 N–H and O–H groups in total. The summed E-state index contributed by atoms with van der Waals surface area (Å²) in [4.78, 5) is 14.6. The van der Waals surface area contributed by atoms with E-state index in [9.17, 15) is 4.79 Å². The Balaban J connectivity index is 2.34. The van der Waals surface area contributed by atoms with Gasteiger partial charge in [-0.25, -0.2) is 0 Å². The van der Waals surface area contributed by atoms with E-state index >= 15 is 0 Å². The van der Waals surface area contributed by atoms with Crippen LogP contribution >= 0.6 is 0 Å². The van der Waals surface area contributed by atoms with Crippen LogP contribution in [-0.4, -0.2) is 22.9 Å². The van der Waals surface area contributed by atoms with Crippen LogP contribution in [0.4, 0.5) is 5.69 Å². The van der Waals surface area contributed by atoms with Crippen molar-refractivity contribution in [1.82, 2.24) is 4.90 Å². The van der Waals surface area contributed by atoms with Gasteiger partial charge in [-0.1, -0.05) is 13.0 Å². The zero-order valence-electron chi connectivity index (χ0n) is 11.7. The maximum absolute atomic E-state index is 12.7. The molecular weight excluding hydrogens is 224 g/mol. The number of benzene rings is 1. The number of hydrogen-bond donors (Lipinski definition) is 1. The lowest BCUT2D eigenvalue weighted by Crippen LogP contribution is -2.42. The van der Waals surface area contributed by atoms with Crippen LogP contribution in [0.3, 0.4) is 0 Å².